The predicted octanol–water partition coefficient (Wildman–Crippen LogP) is 3.37. The molecule has 0 bridgehead atoms. The predicted molar refractivity (Wildman–Crippen MR) is 68.8 cm³/mol. The van der Waals surface area contributed by atoms with Crippen LogP contribution >= 0.6 is 0 Å². The molecule has 0 aliphatic heterocycles. The highest BCUT2D eigenvalue weighted by Crippen LogP contribution is 2.29. The number of nitrogens with zero attached hydrogens (tertiary/aromatic N) is 1. The zero-order valence-electron chi connectivity index (χ0n) is 10.7. The van der Waals surface area contributed by atoms with Crippen LogP contribution in [0.5, 0.6) is 0 Å². The van der Waals surface area contributed by atoms with E-state index in [1.165, 1.54) is 5.56 Å². The summed E-state index contributed by atoms with van der Waals surface area (Å²) in [5, 5.41) is 3.37. The van der Waals surface area contributed by atoms with Crippen molar-refractivity contribution in [2.45, 2.75) is 34.2 Å². The molecule has 1 N–H and O–H groups in total. The molecule has 0 spiro atoms. The molecule has 0 saturated heterocycles. The van der Waals surface area contributed by atoms with Crippen LogP contribution in [0.25, 0.3) is 0 Å². The minimum atomic E-state index is 0.249. The lowest BCUT2D eigenvalue weighted by molar-refractivity contribution is 0.289. The van der Waals surface area contributed by atoms with Gasteiger partial charge in [-0.2, -0.15) is 0 Å². The maximum Gasteiger partial charge on any atom is 0.0412 e. The maximum atomic E-state index is 4.10. The molecule has 0 fully saturated rings. The van der Waals surface area contributed by atoms with Crippen molar-refractivity contribution >= 4 is 0 Å². The molecule has 0 saturated carbocycles. The molecule has 0 aliphatic rings. The third-order valence-corrected chi connectivity index (χ3v) is 3.06. The summed E-state index contributed by atoms with van der Waals surface area (Å²) in [6, 6.07) is 4.02. The first-order valence-corrected chi connectivity index (χ1v) is 5.73. The van der Waals surface area contributed by atoms with E-state index in [9.17, 15) is 0 Å². The zero-order valence-corrected chi connectivity index (χ0v) is 10.7. The zero-order chi connectivity index (χ0) is 12.2. The normalized spacial score (nSPS) is 13.2. The van der Waals surface area contributed by atoms with Crippen molar-refractivity contribution in [1.29, 1.82) is 0 Å². The quantitative estimate of drug-likeness (QED) is 0.838. The van der Waals surface area contributed by atoms with E-state index in [-0.39, 0.29) is 5.41 Å². The summed E-state index contributed by atoms with van der Waals surface area (Å²) in [7, 11) is 0. The lowest BCUT2D eigenvalue weighted by atomic mass is 9.80. The molecule has 1 atom stereocenters. The fourth-order valence-corrected chi connectivity index (χ4v) is 1.39. The first-order chi connectivity index (χ1) is 7.41. The van der Waals surface area contributed by atoms with Crippen molar-refractivity contribution in [2.24, 2.45) is 11.3 Å². The van der Waals surface area contributed by atoms with Gasteiger partial charge in [-0.1, -0.05) is 40.3 Å². The number of hydrogen-bond donors (Lipinski definition) is 1. The van der Waals surface area contributed by atoms with Crippen LogP contribution in [0.1, 0.15) is 33.3 Å². The smallest absolute Gasteiger partial charge is 0.0412 e. The summed E-state index contributed by atoms with van der Waals surface area (Å²) in [6.07, 6.45) is 3.66. The minimum absolute atomic E-state index is 0.249. The summed E-state index contributed by atoms with van der Waals surface area (Å²) in [4.78, 5) is 4.09. The molecule has 88 valence electrons. The Hall–Kier alpha value is -1.31. The van der Waals surface area contributed by atoms with Gasteiger partial charge in [0.15, 0.2) is 0 Å². The summed E-state index contributed by atoms with van der Waals surface area (Å²) >= 11 is 0. The van der Waals surface area contributed by atoms with E-state index in [0.29, 0.717) is 5.92 Å². The van der Waals surface area contributed by atoms with Gasteiger partial charge in [0.05, 0.1) is 0 Å². The average Bonchev–Trinajstić information content (AvgIpc) is 2.25. The maximum absolute atomic E-state index is 4.10. The van der Waals surface area contributed by atoms with E-state index in [1.54, 1.807) is 6.20 Å². The number of allylic oxidation sites excluding steroid dienone is 1. The monoisotopic (exact) mass is 218 g/mol. The molecular weight excluding hydrogens is 196 g/mol. The van der Waals surface area contributed by atoms with E-state index >= 15 is 0 Å². The van der Waals surface area contributed by atoms with Crippen LogP contribution in [0.3, 0.4) is 0 Å². The number of rotatable bonds is 4. The van der Waals surface area contributed by atoms with Gasteiger partial charge in [-0.3, -0.25) is 4.98 Å². The van der Waals surface area contributed by atoms with Crippen LogP contribution in [0.2, 0.25) is 0 Å². The number of pyridine rings is 1. The van der Waals surface area contributed by atoms with E-state index < -0.39 is 0 Å². The highest BCUT2D eigenvalue weighted by molar-refractivity contribution is 5.10. The molecule has 2 nitrogen and oxygen atoms in total. The van der Waals surface area contributed by atoms with Gasteiger partial charge < -0.3 is 5.32 Å². The van der Waals surface area contributed by atoms with Crippen molar-refractivity contribution in [3.05, 3.63) is 42.4 Å². The molecule has 0 aromatic carbocycles. The van der Waals surface area contributed by atoms with E-state index in [2.05, 4.69) is 50.6 Å². The molecule has 2 heteroatoms. The van der Waals surface area contributed by atoms with Crippen LogP contribution in [0, 0.1) is 11.3 Å². The molecular formula is C14H22N2. The summed E-state index contributed by atoms with van der Waals surface area (Å²) < 4.78 is 0. The lowest BCUT2D eigenvalue weighted by Gasteiger charge is -2.29. The molecule has 1 rings (SSSR count). The highest BCUT2D eigenvalue weighted by Gasteiger charge is 2.22. The van der Waals surface area contributed by atoms with Gasteiger partial charge in [-0.25, -0.2) is 0 Å². The number of aromatic nitrogens is 1. The van der Waals surface area contributed by atoms with Crippen LogP contribution in [0.15, 0.2) is 36.8 Å². The van der Waals surface area contributed by atoms with Gasteiger partial charge in [0.2, 0.25) is 0 Å². The Morgan fingerprint density at radius 3 is 2.69 bits per heavy atom. The van der Waals surface area contributed by atoms with Crippen LogP contribution in [0.4, 0.5) is 0 Å². The van der Waals surface area contributed by atoms with E-state index in [0.717, 1.165) is 12.2 Å². The second-order valence-corrected chi connectivity index (χ2v) is 5.33. The highest BCUT2D eigenvalue weighted by atomic mass is 14.9. The second kappa shape index (κ2) is 5.15. The first-order valence-electron chi connectivity index (χ1n) is 5.73. The molecule has 0 unspecified atom stereocenters. The number of hydrogen-bond acceptors (Lipinski definition) is 2. The Kier molecular flexibility index (Phi) is 4.11. The Labute approximate surface area is 98.8 Å². The number of nitrogens with one attached hydrogen (secondary N) is 1. The Balaban J connectivity index is 2.48. The Morgan fingerprint density at radius 2 is 2.19 bits per heavy atom. The van der Waals surface area contributed by atoms with Crippen molar-refractivity contribution in [3.63, 3.8) is 0 Å². The van der Waals surface area contributed by atoms with Gasteiger partial charge in [-0.05, 0) is 17.0 Å². The molecule has 0 radical (unpaired) electrons. The van der Waals surface area contributed by atoms with Crippen LogP contribution in [-0.2, 0) is 6.54 Å². The largest absolute Gasteiger partial charge is 0.384 e. The Morgan fingerprint density at radius 1 is 1.50 bits per heavy atom. The van der Waals surface area contributed by atoms with Gasteiger partial charge in [0.1, 0.15) is 0 Å². The van der Waals surface area contributed by atoms with E-state index in [1.807, 2.05) is 12.3 Å². The van der Waals surface area contributed by atoms with Gasteiger partial charge in [0.25, 0.3) is 0 Å². The van der Waals surface area contributed by atoms with Crippen molar-refractivity contribution in [3.8, 4) is 0 Å². The van der Waals surface area contributed by atoms with Crippen molar-refractivity contribution in [1.82, 2.24) is 10.3 Å². The second-order valence-electron chi connectivity index (χ2n) is 5.33. The fraction of sp³-hybridized carbons (Fsp3) is 0.500. The third-order valence-electron chi connectivity index (χ3n) is 3.06. The van der Waals surface area contributed by atoms with E-state index in [4.69, 9.17) is 0 Å². The average molecular weight is 218 g/mol. The van der Waals surface area contributed by atoms with Gasteiger partial charge in [0, 0.05) is 30.6 Å². The minimum Gasteiger partial charge on any atom is -0.384 e. The topological polar surface area (TPSA) is 24.9 Å². The van der Waals surface area contributed by atoms with Crippen LogP contribution in [-0.4, -0.2) is 4.98 Å². The summed E-state index contributed by atoms with van der Waals surface area (Å²) in [5.74, 6) is 0.448. The third kappa shape index (κ3) is 3.69. The van der Waals surface area contributed by atoms with Gasteiger partial charge >= 0.3 is 0 Å². The first kappa shape index (κ1) is 12.8. The molecule has 1 heterocycles. The molecule has 0 amide bonds. The molecule has 1 aromatic rings. The standard InChI is InChI=1S/C14H22N2/c1-11(14(3,4)5)12(2)16-10-13-7-6-8-15-9-13/h6-9,11,16H,2,10H2,1,3-5H3/t11-/m1/s1. The SMILES string of the molecule is C=C(NCc1cccnc1)[C@@H](C)C(C)(C)C. The fourth-order valence-electron chi connectivity index (χ4n) is 1.39. The summed E-state index contributed by atoms with van der Waals surface area (Å²) in [5.41, 5.74) is 2.53. The molecule has 1 aromatic heterocycles. The molecule has 16 heavy (non-hydrogen) atoms. The van der Waals surface area contributed by atoms with Gasteiger partial charge in [-0.15, -0.1) is 0 Å². The van der Waals surface area contributed by atoms with Crippen molar-refractivity contribution in [2.75, 3.05) is 0 Å². The van der Waals surface area contributed by atoms with Crippen LogP contribution < -0.4 is 5.32 Å². The lowest BCUT2D eigenvalue weighted by Crippen LogP contribution is -2.26. The van der Waals surface area contributed by atoms with Crippen molar-refractivity contribution < 1.29 is 0 Å². The molecule has 0 aliphatic carbocycles. The summed E-state index contributed by atoms with van der Waals surface area (Å²) in [6.45, 7) is 13.8. The Bertz CT molecular complexity index is 336.